The first kappa shape index (κ1) is 24.3. The highest BCUT2D eigenvalue weighted by Crippen LogP contribution is 2.39. The zero-order chi connectivity index (χ0) is 24.6. The number of hydrogen-bond acceptors (Lipinski definition) is 5. The molecule has 1 fully saturated rings. The molecule has 0 N–H and O–H groups in total. The molecular weight excluding hydrogens is 473 g/mol. The number of halogens is 4. The molecule has 0 unspecified atom stereocenters. The number of nitrogens with zero attached hydrogens (tertiary/aromatic N) is 6. The molecule has 8 nitrogen and oxygen atoms in total. The second-order valence-corrected chi connectivity index (χ2v) is 8.71. The van der Waals surface area contributed by atoms with Gasteiger partial charge in [-0.3, -0.25) is 9.25 Å². The van der Waals surface area contributed by atoms with Crippen LogP contribution in [0.25, 0.3) is 5.82 Å². The van der Waals surface area contributed by atoms with Gasteiger partial charge in [0, 0.05) is 56.5 Å². The molecule has 0 bridgehead atoms. The summed E-state index contributed by atoms with van der Waals surface area (Å²) in [6, 6.07) is 0.907. The molecule has 0 amide bonds. The Morgan fingerprint density at radius 3 is 2.59 bits per heavy atom. The van der Waals surface area contributed by atoms with E-state index in [2.05, 4.69) is 10.1 Å². The minimum absolute atomic E-state index is 0.0329. The van der Waals surface area contributed by atoms with E-state index in [4.69, 9.17) is 16.3 Å². The third-order valence-corrected chi connectivity index (χ3v) is 6.46. The van der Waals surface area contributed by atoms with Crippen LogP contribution in [0.15, 0.2) is 29.5 Å². The predicted octanol–water partition coefficient (Wildman–Crippen LogP) is 3.89. The van der Waals surface area contributed by atoms with Gasteiger partial charge in [-0.05, 0) is 32.8 Å². The van der Waals surface area contributed by atoms with Crippen LogP contribution in [0.1, 0.15) is 36.6 Å². The molecular formula is C22H26ClF3N6O2. The molecule has 1 saturated heterocycles. The van der Waals surface area contributed by atoms with Crippen LogP contribution in [0.5, 0.6) is 0 Å². The number of ether oxygens (including phenoxy) is 1. The van der Waals surface area contributed by atoms with E-state index in [1.165, 1.54) is 10.8 Å². The van der Waals surface area contributed by atoms with Gasteiger partial charge in [0.1, 0.15) is 5.82 Å². The first-order valence-electron chi connectivity index (χ1n) is 11.0. The molecule has 0 atom stereocenters. The smallest absolute Gasteiger partial charge is 0.381 e. The Hall–Kier alpha value is -2.79. The summed E-state index contributed by atoms with van der Waals surface area (Å²) in [7, 11) is 1.70. The fourth-order valence-electron chi connectivity index (χ4n) is 4.09. The zero-order valence-electron chi connectivity index (χ0n) is 19.1. The van der Waals surface area contributed by atoms with Crippen LogP contribution < -0.4 is 10.6 Å². The SMILES string of the molecule is CCn1cc(Cn2c(C)cn(-c3nc(N(C)C4CCOCC4)cc(C(F)(F)F)c3Cl)c2=O)cn1. The van der Waals surface area contributed by atoms with Crippen molar-refractivity contribution in [1.82, 2.24) is 23.9 Å². The van der Waals surface area contributed by atoms with E-state index >= 15 is 0 Å². The Kier molecular flexibility index (Phi) is 6.77. The first-order chi connectivity index (χ1) is 16.1. The van der Waals surface area contributed by atoms with Gasteiger partial charge in [-0.25, -0.2) is 14.3 Å². The minimum atomic E-state index is -4.71. The molecule has 0 radical (unpaired) electrons. The van der Waals surface area contributed by atoms with E-state index in [1.54, 1.807) is 29.7 Å². The van der Waals surface area contributed by atoms with Crippen LogP contribution >= 0.6 is 11.6 Å². The fourth-order valence-corrected chi connectivity index (χ4v) is 4.38. The molecule has 0 aromatic carbocycles. The van der Waals surface area contributed by atoms with Crippen LogP contribution in [0.3, 0.4) is 0 Å². The average molecular weight is 499 g/mol. The van der Waals surface area contributed by atoms with E-state index < -0.39 is 22.5 Å². The van der Waals surface area contributed by atoms with E-state index in [1.807, 2.05) is 13.1 Å². The Bertz CT molecular complexity index is 1230. The Labute approximate surface area is 199 Å². The van der Waals surface area contributed by atoms with Crippen molar-refractivity contribution < 1.29 is 17.9 Å². The molecule has 34 heavy (non-hydrogen) atoms. The van der Waals surface area contributed by atoms with Gasteiger partial charge in [-0.1, -0.05) is 11.6 Å². The van der Waals surface area contributed by atoms with E-state index in [0.29, 0.717) is 38.3 Å². The molecule has 0 saturated carbocycles. The molecule has 4 rings (SSSR count). The summed E-state index contributed by atoms with van der Waals surface area (Å²) in [6.07, 6.45) is 1.55. The van der Waals surface area contributed by atoms with Crippen molar-refractivity contribution in [2.75, 3.05) is 25.2 Å². The Balaban J connectivity index is 1.79. The van der Waals surface area contributed by atoms with Crippen LogP contribution in [0.4, 0.5) is 19.0 Å². The lowest BCUT2D eigenvalue weighted by atomic mass is 10.1. The van der Waals surface area contributed by atoms with Crippen molar-refractivity contribution >= 4 is 17.4 Å². The van der Waals surface area contributed by atoms with Gasteiger partial charge >= 0.3 is 11.9 Å². The summed E-state index contributed by atoms with van der Waals surface area (Å²) in [5, 5.41) is 3.59. The number of aryl methyl sites for hydroxylation is 2. The van der Waals surface area contributed by atoms with Gasteiger partial charge in [0.05, 0.1) is 23.3 Å². The molecule has 0 spiro atoms. The number of rotatable bonds is 6. The van der Waals surface area contributed by atoms with E-state index in [-0.39, 0.29) is 24.2 Å². The van der Waals surface area contributed by atoms with Crippen LogP contribution in [-0.4, -0.2) is 50.2 Å². The van der Waals surface area contributed by atoms with Gasteiger partial charge in [0.2, 0.25) is 0 Å². The van der Waals surface area contributed by atoms with E-state index in [9.17, 15) is 18.0 Å². The summed E-state index contributed by atoms with van der Waals surface area (Å²) in [6.45, 7) is 5.61. The highest BCUT2D eigenvalue weighted by atomic mass is 35.5. The van der Waals surface area contributed by atoms with Gasteiger partial charge in [-0.15, -0.1) is 0 Å². The number of anilines is 1. The van der Waals surface area contributed by atoms with Gasteiger partial charge in [-0.2, -0.15) is 18.3 Å². The fraction of sp³-hybridized carbons (Fsp3) is 0.500. The maximum atomic E-state index is 13.9. The quantitative estimate of drug-likeness (QED) is 0.515. The number of imidazole rings is 1. The van der Waals surface area contributed by atoms with Gasteiger partial charge < -0.3 is 9.64 Å². The molecule has 3 aromatic heterocycles. The lowest BCUT2D eigenvalue weighted by molar-refractivity contribution is -0.137. The van der Waals surface area contributed by atoms with E-state index in [0.717, 1.165) is 16.2 Å². The van der Waals surface area contributed by atoms with Gasteiger partial charge in [0.25, 0.3) is 0 Å². The maximum Gasteiger partial charge on any atom is 0.418 e. The van der Waals surface area contributed by atoms with Crippen molar-refractivity contribution in [3.63, 3.8) is 0 Å². The molecule has 1 aliphatic rings. The Morgan fingerprint density at radius 2 is 1.97 bits per heavy atom. The minimum Gasteiger partial charge on any atom is -0.381 e. The summed E-state index contributed by atoms with van der Waals surface area (Å²) in [4.78, 5) is 19.4. The zero-order valence-corrected chi connectivity index (χ0v) is 19.9. The second kappa shape index (κ2) is 9.46. The van der Waals surface area contributed by atoms with Gasteiger partial charge in [0.15, 0.2) is 5.82 Å². The van der Waals surface area contributed by atoms with Crippen LogP contribution in [0.2, 0.25) is 5.02 Å². The van der Waals surface area contributed by atoms with Crippen molar-refractivity contribution in [1.29, 1.82) is 0 Å². The molecule has 4 heterocycles. The molecule has 184 valence electrons. The number of hydrogen-bond donors (Lipinski definition) is 0. The average Bonchev–Trinajstić information content (AvgIpc) is 3.38. The largest absolute Gasteiger partial charge is 0.418 e. The first-order valence-corrected chi connectivity index (χ1v) is 11.4. The lowest BCUT2D eigenvalue weighted by Crippen LogP contribution is -2.37. The van der Waals surface area contributed by atoms with Crippen molar-refractivity contribution in [3.05, 3.63) is 57.0 Å². The number of pyridine rings is 1. The monoisotopic (exact) mass is 498 g/mol. The van der Waals surface area contributed by atoms with Crippen molar-refractivity contribution in [2.45, 2.75) is 52.0 Å². The lowest BCUT2D eigenvalue weighted by Gasteiger charge is -2.32. The normalized spacial score (nSPS) is 15.1. The van der Waals surface area contributed by atoms with Crippen LogP contribution in [0, 0.1) is 6.92 Å². The maximum absolute atomic E-state index is 13.9. The molecule has 0 aliphatic carbocycles. The summed E-state index contributed by atoms with van der Waals surface area (Å²) in [5.41, 5.74) is -0.207. The topological polar surface area (TPSA) is 70.1 Å². The highest BCUT2D eigenvalue weighted by molar-refractivity contribution is 6.33. The molecule has 12 heteroatoms. The number of aromatic nitrogens is 5. The standard InChI is InChI=1S/C22H26ClF3N6O2/c1-4-30-12-15(10-27-30)13-31-14(2)11-32(21(31)33)20-19(23)17(22(24,25)26)9-18(28-20)29(3)16-5-7-34-8-6-16/h9-12,16H,4-8,13H2,1-3H3. The highest BCUT2D eigenvalue weighted by Gasteiger charge is 2.37. The van der Waals surface area contributed by atoms with Crippen molar-refractivity contribution in [2.24, 2.45) is 0 Å². The van der Waals surface area contributed by atoms with Crippen molar-refractivity contribution in [3.8, 4) is 5.82 Å². The molecule has 3 aromatic rings. The van der Waals surface area contributed by atoms with Crippen LogP contribution in [-0.2, 0) is 24.0 Å². The summed E-state index contributed by atoms with van der Waals surface area (Å²) >= 11 is 6.20. The predicted molar refractivity (Wildman–Crippen MR) is 122 cm³/mol. The second-order valence-electron chi connectivity index (χ2n) is 8.33. The molecule has 1 aliphatic heterocycles. The third-order valence-electron chi connectivity index (χ3n) is 6.09. The summed E-state index contributed by atoms with van der Waals surface area (Å²) in [5.74, 6) is -0.151. The number of alkyl halides is 3. The third kappa shape index (κ3) is 4.72. The summed E-state index contributed by atoms with van der Waals surface area (Å²) < 4.78 is 51.3. The Morgan fingerprint density at radius 1 is 1.26 bits per heavy atom.